The molecule has 1 atom stereocenters. The Hall–Kier alpha value is -1.79. The molecule has 114 valence electrons. The van der Waals surface area contributed by atoms with E-state index in [1.165, 1.54) is 9.80 Å². The molecule has 1 fully saturated rings. The minimum Gasteiger partial charge on any atom is -0.481 e. The largest absolute Gasteiger partial charge is 0.481 e. The molecule has 7 heteroatoms. The number of carbonyl (C=O) groups is 3. The summed E-state index contributed by atoms with van der Waals surface area (Å²) < 4.78 is 0. The topological polar surface area (TPSA) is 90.0 Å². The number of nitrogens with one attached hydrogen (secondary N) is 1. The van der Waals surface area contributed by atoms with E-state index in [0.29, 0.717) is 19.6 Å². The van der Waals surface area contributed by atoms with Crippen LogP contribution in [0.5, 0.6) is 0 Å². The summed E-state index contributed by atoms with van der Waals surface area (Å²) >= 11 is 0. The summed E-state index contributed by atoms with van der Waals surface area (Å²) in [7, 11) is 0. The Morgan fingerprint density at radius 1 is 1.50 bits per heavy atom. The summed E-state index contributed by atoms with van der Waals surface area (Å²) in [6.07, 6.45) is -0.111. The van der Waals surface area contributed by atoms with E-state index in [-0.39, 0.29) is 18.4 Å². The third kappa shape index (κ3) is 3.20. The number of piperazine rings is 1. The van der Waals surface area contributed by atoms with Crippen LogP contribution in [0.25, 0.3) is 0 Å². The maximum absolute atomic E-state index is 12.6. The van der Waals surface area contributed by atoms with Crippen molar-refractivity contribution in [1.82, 2.24) is 15.1 Å². The Morgan fingerprint density at radius 3 is 2.60 bits per heavy atom. The number of carboxylic acids is 1. The van der Waals surface area contributed by atoms with Crippen molar-refractivity contribution in [3.05, 3.63) is 0 Å². The molecular weight excluding hydrogens is 262 g/mol. The van der Waals surface area contributed by atoms with Crippen molar-refractivity contribution in [2.75, 3.05) is 19.6 Å². The highest BCUT2D eigenvalue weighted by molar-refractivity contribution is 5.91. The first-order chi connectivity index (χ1) is 9.21. The fourth-order valence-corrected chi connectivity index (χ4v) is 2.39. The molecule has 20 heavy (non-hydrogen) atoms. The van der Waals surface area contributed by atoms with E-state index in [1.807, 2.05) is 0 Å². The number of aliphatic carboxylic acids is 1. The lowest BCUT2D eigenvalue weighted by Crippen LogP contribution is -2.66. The summed E-state index contributed by atoms with van der Waals surface area (Å²) in [6.45, 7) is 8.12. The van der Waals surface area contributed by atoms with Crippen molar-refractivity contribution in [2.45, 2.75) is 45.7 Å². The van der Waals surface area contributed by atoms with Crippen LogP contribution in [0.1, 0.15) is 34.1 Å². The zero-order valence-corrected chi connectivity index (χ0v) is 12.5. The quantitative estimate of drug-likeness (QED) is 0.787. The molecule has 0 aromatic rings. The van der Waals surface area contributed by atoms with Crippen LogP contribution < -0.4 is 5.32 Å². The number of carboxylic acid groups (broad SMARTS) is 1. The van der Waals surface area contributed by atoms with Gasteiger partial charge in [-0.1, -0.05) is 0 Å². The second-order valence-corrected chi connectivity index (χ2v) is 5.48. The van der Waals surface area contributed by atoms with Gasteiger partial charge in [0, 0.05) is 25.7 Å². The predicted molar refractivity (Wildman–Crippen MR) is 73.3 cm³/mol. The molecular formula is C13H23N3O4. The Balaban J connectivity index is 2.90. The maximum atomic E-state index is 12.6. The van der Waals surface area contributed by atoms with Crippen molar-refractivity contribution in [3.63, 3.8) is 0 Å². The monoisotopic (exact) mass is 285 g/mol. The van der Waals surface area contributed by atoms with Gasteiger partial charge in [0.2, 0.25) is 5.91 Å². The number of hydrogen-bond donors (Lipinski definition) is 2. The molecule has 1 unspecified atom stereocenters. The van der Waals surface area contributed by atoms with Crippen LogP contribution in [0.15, 0.2) is 0 Å². The second-order valence-electron chi connectivity index (χ2n) is 5.48. The highest BCUT2D eigenvalue weighted by Gasteiger charge is 2.42. The van der Waals surface area contributed by atoms with Crippen LogP contribution in [0, 0.1) is 0 Å². The van der Waals surface area contributed by atoms with Crippen LogP contribution in [-0.2, 0) is 9.59 Å². The molecule has 0 bridgehead atoms. The van der Waals surface area contributed by atoms with Gasteiger partial charge in [-0.15, -0.1) is 0 Å². The number of amides is 3. The van der Waals surface area contributed by atoms with Crippen molar-refractivity contribution in [3.8, 4) is 0 Å². The van der Waals surface area contributed by atoms with Gasteiger partial charge in [0.25, 0.3) is 0 Å². The molecule has 3 amide bonds. The van der Waals surface area contributed by atoms with Gasteiger partial charge in [-0.05, 0) is 27.7 Å². The molecule has 0 radical (unpaired) electrons. The molecule has 1 heterocycles. The SMILES string of the molecule is CCN(C(=O)N1CCNC(=O)C1(C)C)C(C)CC(=O)O. The molecule has 1 aliphatic heterocycles. The summed E-state index contributed by atoms with van der Waals surface area (Å²) in [5.41, 5.74) is -0.925. The maximum Gasteiger partial charge on any atom is 0.321 e. The van der Waals surface area contributed by atoms with Gasteiger partial charge in [0.05, 0.1) is 6.42 Å². The Morgan fingerprint density at radius 2 is 2.10 bits per heavy atom. The van der Waals surface area contributed by atoms with Crippen LogP contribution in [0.3, 0.4) is 0 Å². The highest BCUT2D eigenvalue weighted by atomic mass is 16.4. The van der Waals surface area contributed by atoms with Crippen LogP contribution >= 0.6 is 0 Å². The zero-order chi connectivity index (χ0) is 15.5. The van der Waals surface area contributed by atoms with E-state index in [4.69, 9.17) is 5.11 Å². The first-order valence-electron chi connectivity index (χ1n) is 6.80. The lowest BCUT2D eigenvalue weighted by molar-refractivity contribution is -0.138. The van der Waals surface area contributed by atoms with Crippen molar-refractivity contribution in [1.29, 1.82) is 0 Å². The molecule has 1 rings (SSSR count). The van der Waals surface area contributed by atoms with Gasteiger partial charge in [-0.3, -0.25) is 9.59 Å². The predicted octanol–water partition coefficient (Wildman–Crippen LogP) is 0.502. The van der Waals surface area contributed by atoms with Gasteiger partial charge in [0.1, 0.15) is 5.54 Å². The summed E-state index contributed by atoms with van der Waals surface area (Å²) in [5.74, 6) is -1.14. The van der Waals surface area contributed by atoms with Gasteiger partial charge in [0.15, 0.2) is 0 Å². The number of nitrogens with zero attached hydrogens (tertiary/aromatic N) is 2. The lowest BCUT2D eigenvalue weighted by Gasteiger charge is -2.44. The smallest absolute Gasteiger partial charge is 0.321 e. The zero-order valence-electron chi connectivity index (χ0n) is 12.5. The molecule has 7 nitrogen and oxygen atoms in total. The fraction of sp³-hybridized carbons (Fsp3) is 0.769. The molecule has 0 aromatic carbocycles. The normalized spacial score (nSPS) is 19.2. The third-order valence-electron chi connectivity index (χ3n) is 3.67. The third-order valence-corrected chi connectivity index (χ3v) is 3.67. The van der Waals surface area contributed by atoms with E-state index in [0.717, 1.165) is 0 Å². The first-order valence-corrected chi connectivity index (χ1v) is 6.80. The van der Waals surface area contributed by atoms with Gasteiger partial charge in [-0.2, -0.15) is 0 Å². The molecule has 2 N–H and O–H groups in total. The number of hydrogen-bond acceptors (Lipinski definition) is 3. The van der Waals surface area contributed by atoms with Crippen molar-refractivity contribution >= 4 is 17.9 Å². The molecule has 0 saturated carbocycles. The standard InChI is InChI=1S/C13H23N3O4/c1-5-15(9(2)8-10(17)18)12(20)16-7-6-14-11(19)13(16,3)4/h9H,5-8H2,1-4H3,(H,14,19)(H,17,18). The summed E-state index contributed by atoms with van der Waals surface area (Å²) in [5, 5.41) is 11.6. The Labute approximate surface area is 118 Å². The van der Waals surface area contributed by atoms with Gasteiger partial charge in [-0.25, -0.2) is 4.79 Å². The summed E-state index contributed by atoms with van der Waals surface area (Å²) in [4.78, 5) is 38.3. The number of carbonyl (C=O) groups excluding carboxylic acids is 2. The second kappa shape index (κ2) is 6.11. The molecule has 0 spiro atoms. The average Bonchev–Trinajstić information content (AvgIpc) is 2.32. The Bertz CT molecular complexity index is 408. The average molecular weight is 285 g/mol. The van der Waals surface area contributed by atoms with Crippen LogP contribution in [0.4, 0.5) is 4.79 Å². The van der Waals surface area contributed by atoms with Crippen molar-refractivity contribution in [2.24, 2.45) is 0 Å². The van der Waals surface area contributed by atoms with E-state index in [2.05, 4.69) is 5.32 Å². The highest BCUT2D eigenvalue weighted by Crippen LogP contribution is 2.21. The Kier molecular flexibility index (Phi) is 4.97. The molecule has 0 aromatic heterocycles. The van der Waals surface area contributed by atoms with Gasteiger partial charge >= 0.3 is 12.0 Å². The van der Waals surface area contributed by atoms with Crippen LogP contribution in [-0.4, -0.2) is 64.0 Å². The molecule has 1 aliphatic rings. The summed E-state index contributed by atoms with van der Waals surface area (Å²) in [6, 6.07) is -0.702. The minimum absolute atomic E-state index is 0.111. The number of rotatable bonds is 4. The van der Waals surface area contributed by atoms with E-state index >= 15 is 0 Å². The fourth-order valence-electron chi connectivity index (χ4n) is 2.39. The lowest BCUT2D eigenvalue weighted by atomic mass is 9.99. The minimum atomic E-state index is -0.945. The van der Waals surface area contributed by atoms with E-state index < -0.39 is 17.6 Å². The first kappa shape index (κ1) is 16.3. The van der Waals surface area contributed by atoms with Crippen LogP contribution in [0.2, 0.25) is 0 Å². The van der Waals surface area contributed by atoms with Crippen molar-refractivity contribution < 1.29 is 19.5 Å². The number of urea groups is 1. The van der Waals surface area contributed by atoms with Gasteiger partial charge < -0.3 is 20.2 Å². The molecule has 0 aliphatic carbocycles. The molecule has 1 saturated heterocycles. The van der Waals surface area contributed by atoms with E-state index in [1.54, 1.807) is 27.7 Å². The van der Waals surface area contributed by atoms with E-state index in [9.17, 15) is 14.4 Å².